The van der Waals surface area contributed by atoms with Gasteiger partial charge in [0.1, 0.15) is 11.8 Å². The first kappa shape index (κ1) is 13.8. The molecular weight excluding hydrogens is 228 g/mol. The van der Waals surface area contributed by atoms with Gasteiger partial charge in [0.15, 0.2) is 5.57 Å². The molecule has 94 valence electrons. The zero-order valence-electron chi connectivity index (χ0n) is 10.5. The van der Waals surface area contributed by atoms with Crippen LogP contribution in [-0.4, -0.2) is 17.6 Å². The van der Waals surface area contributed by atoms with Crippen LogP contribution in [0.5, 0.6) is 0 Å². The molecule has 0 saturated carbocycles. The molecule has 0 unspecified atom stereocenters. The summed E-state index contributed by atoms with van der Waals surface area (Å²) in [5.41, 5.74) is 2.07. The number of aliphatic hydroxyl groups is 1. The van der Waals surface area contributed by atoms with E-state index in [9.17, 15) is 4.79 Å². The van der Waals surface area contributed by atoms with Crippen LogP contribution < -0.4 is 5.32 Å². The molecule has 0 aliphatic carbocycles. The number of nitriles is 1. The van der Waals surface area contributed by atoms with Crippen molar-refractivity contribution in [2.45, 2.75) is 20.3 Å². The molecule has 1 aromatic carbocycles. The Morgan fingerprint density at radius 3 is 2.50 bits per heavy atom. The second-order valence-electron chi connectivity index (χ2n) is 4.06. The number of nitrogens with one attached hydrogen (secondary N) is 1. The first-order chi connectivity index (χ1) is 8.54. The minimum Gasteiger partial charge on any atom is -0.511 e. The summed E-state index contributed by atoms with van der Waals surface area (Å²) in [5.74, 6) is -0.796. The number of hydrogen-bond donors (Lipinski definition) is 2. The van der Waals surface area contributed by atoms with E-state index < -0.39 is 5.91 Å². The molecule has 1 aromatic rings. The van der Waals surface area contributed by atoms with E-state index in [0.29, 0.717) is 13.0 Å². The van der Waals surface area contributed by atoms with Gasteiger partial charge in [0, 0.05) is 6.54 Å². The van der Waals surface area contributed by atoms with Crippen molar-refractivity contribution in [3.63, 3.8) is 0 Å². The largest absolute Gasteiger partial charge is 0.511 e. The predicted octanol–water partition coefficient (Wildman–Crippen LogP) is 2.01. The normalized spacial score (nSPS) is 11.4. The summed E-state index contributed by atoms with van der Waals surface area (Å²) in [6, 6.07) is 9.69. The molecule has 2 N–H and O–H groups in total. The van der Waals surface area contributed by atoms with Gasteiger partial charge >= 0.3 is 0 Å². The monoisotopic (exact) mass is 244 g/mol. The SMILES string of the molecule is CC(O)=C(C#N)C(=O)NCCc1ccc(C)cc1. The number of aliphatic hydroxyl groups excluding tert-OH is 1. The summed E-state index contributed by atoms with van der Waals surface area (Å²) < 4.78 is 0. The number of amides is 1. The van der Waals surface area contributed by atoms with Gasteiger partial charge < -0.3 is 10.4 Å². The fourth-order valence-electron chi connectivity index (χ4n) is 1.46. The minimum atomic E-state index is -0.537. The topological polar surface area (TPSA) is 73.1 Å². The Morgan fingerprint density at radius 1 is 1.39 bits per heavy atom. The number of rotatable bonds is 4. The molecule has 0 spiro atoms. The van der Waals surface area contributed by atoms with Crippen molar-refractivity contribution in [2.75, 3.05) is 6.54 Å². The van der Waals surface area contributed by atoms with Gasteiger partial charge in [-0.25, -0.2) is 0 Å². The standard InChI is InChI=1S/C14H16N2O2/c1-10-3-5-12(6-4-10)7-8-16-14(18)13(9-15)11(2)17/h3-6,17H,7-8H2,1-2H3,(H,16,18). The maximum atomic E-state index is 11.5. The maximum Gasteiger partial charge on any atom is 0.265 e. The molecule has 0 bridgehead atoms. The van der Waals surface area contributed by atoms with Gasteiger partial charge in [0.2, 0.25) is 0 Å². The molecule has 1 amide bonds. The molecule has 4 nitrogen and oxygen atoms in total. The number of benzene rings is 1. The van der Waals surface area contributed by atoms with E-state index in [4.69, 9.17) is 10.4 Å². The first-order valence-electron chi connectivity index (χ1n) is 5.68. The highest BCUT2D eigenvalue weighted by molar-refractivity contribution is 5.97. The molecule has 0 aromatic heterocycles. The molecule has 0 saturated heterocycles. The molecular formula is C14H16N2O2. The van der Waals surface area contributed by atoms with Crippen LogP contribution in [0.15, 0.2) is 35.6 Å². The average molecular weight is 244 g/mol. The lowest BCUT2D eigenvalue weighted by atomic mass is 10.1. The van der Waals surface area contributed by atoms with Crippen LogP contribution >= 0.6 is 0 Å². The number of allylic oxidation sites excluding steroid dienone is 1. The molecule has 0 aliphatic heterocycles. The zero-order chi connectivity index (χ0) is 13.5. The Kier molecular flexibility index (Phi) is 4.94. The molecule has 4 heteroatoms. The van der Waals surface area contributed by atoms with Crippen molar-refractivity contribution in [1.82, 2.24) is 5.32 Å². The van der Waals surface area contributed by atoms with Crippen LogP contribution in [-0.2, 0) is 11.2 Å². The Balaban J connectivity index is 2.48. The Labute approximate surface area is 107 Å². The van der Waals surface area contributed by atoms with E-state index in [1.165, 1.54) is 12.5 Å². The lowest BCUT2D eigenvalue weighted by Crippen LogP contribution is -2.27. The summed E-state index contributed by atoms with van der Waals surface area (Å²) >= 11 is 0. The summed E-state index contributed by atoms with van der Waals surface area (Å²) in [6.07, 6.45) is 0.690. The first-order valence-corrected chi connectivity index (χ1v) is 5.68. The van der Waals surface area contributed by atoms with Gasteiger partial charge in [-0.1, -0.05) is 29.8 Å². The Bertz CT molecular complexity index is 492. The second-order valence-corrected chi connectivity index (χ2v) is 4.06. The predicted molar refractivity (Wildman–Crippen MR) is 68.8 cm³/mol. The van der Waals surface area contributed by atoms with Crippen molar-refractivity contribution < 1.29 is 9.90 Å². The number of carbonyl (C=O) groups is 1. The zero-order valence-corrected chi connectivity index (χ0v) is 10.5. The third-order valence-corrected chi connectivity index (χ3v) is 2.52. The van der Waals surface area contributed by atoms with E-state index in [0.717, 1.165) is 5.56 Å². The Morgan fingerprint density at radius 2 is 2.00 bits per heavy atom. The van der Waals surface area contributed by atoms with Crippen LogP contribution in [0.25, 0.3) is 0 Å². The van der Waals surface area contributed by atoms with Crippen molar-refractivity contribution >= 4 is 5.91 Å². The van der Waals surface area contributed by atoms with E-state index in [1.54, 1.807) is 6.07 Å². The van der Waals surface area contributed by atoms with Crippen LogP contribution in [0.3, 0.4) is 0 Å². The molecule has 0 atom stereocenters. The number of aryl methyl sites for hydroxylation is 1. The molecule has 1 rings (SSSR count). The number of nitrogens with zero attached hydrogens (tertiary/aromatic N) is 1. The molecule has 18 heavy (non-hydrogen) atoms. The van der Waals surface area contributed by atoms with Gasteiger partial charge in [-0.2, -0.15) is 5.26 Å². The van der Waals surface area contributed by atoms with Gasteiger partial charge in [-0.3, -0.25) is 4.79 Å². The van der Waals surface area contributed by atoms with Crippen LogP contribution in [0.1, 0.15) is 18.1 Å². The van der Waals surface area contributed by atoms with E-state index in [1.807, 2.05) is 31.2 Å². The number of hydrogen-bond acceptors (Lipinski definition) is 3. The summed E-state index contributed by atoms with van der Waals surface area (Å²) in [5, 5.41) is 20.4. The molecule has 0 heterocycles. The highest BCUT2D eigenvalue weighted by atomic mass is 16.3. The number of carbonyl (C=O) groups excluding carboxylic acids is 1. The van der Waals surface area contributed by atoms with Gasteiger partial charge in [-0.15, -0.1) is 0 Å². The molecule has 0 aliphatic rings. The van der Waals surface area contributed by atoms with Gasteiger partial charge in [-0.05, 0) is 25.8 Å². The second kappa shape index (κ2) is 6.45. The fraction of sp³-hybridized carbons (Fsp3) is 0.286. The lowest BCUT2D eigenvalue weighted by Gasteiger charge is -2.05. The van der Waals surface area contributed by atoms with E-state index >= 15 is 0 Å². The summed E-state index contributed by atoms with van der Waals surface area (Å²) in [6.45, 7) is 3.76. The highest BCUT2D eigenvalue weighted by Crippen LogP contribution is 2.04. The average Bonchev–Trinajstić information content (AvgIpc) is 2.32. The highest BCUT2D eigenvalue weighted by Gasteiger charge is 2.11. The van der Waals surface area contributed by atoms with Crippen molar-refractivity contribution in [3.05, 3.63) is 46.7 Å². The third-order valence-electron chi connectivity index (χ3n) is 2.52. The van der Waals surface area contributed by atoms with Gasteiger partial charge in [0.25, 0.3) is 5.91 Å². The van der Waals surface area contributed by atoms with Gasteiger partial charge in [0.05, 0.1) is 0 Å². The van der Waals surface area contributed by atoms with Crippen LogP contribution in [0, 0.1) is 18.3 Å². The maximum absolute atomic E-state index is 11.5. The van der Waals surface area contributed by atoms with E-state index in [2.05, 4.69) is 5.32 Å². The summed E-state index contributed by atoms with van der Waals surface area (Å²) in [4.78, 5) is 11.5. The van der Waals surface area contributed by atoms with Crippen LogP contribution in [0.2, 0.25) is 0 Å². The van der Waals surface area contributed by atoms with Crippen LogP contribution in [0.4, 0.5) is 0 Å². The smallest absolute Gasteiger partial charge is 0.265 e. The molecule has 0 fully saturated rings. The quantitative estimate of drug-likeness (QED) is 0.483. The Hall–Kier alpha value is -2.28. The van der Waals surface area contributed by atoms with E-state index in [-0.39, 0.29) is 11.3 Å². The fourth-order valence-corrected chi connectivity index (χ4v) is 1.46. The van der Waals surface area contributed by atoms with Crippen molar-refractivity contribution in [3.8, 4) is 6.07 Å². The lowest BCUT2D eigenvalue weighted by molar-refractivity contribution is -0.117. The van der Waals surface area contributed by atoms with Crippen molar-refractivity contribution in [2.24, 2.45) is 0 Å². The van der Waals surface area contributed by atoms with Crippen molar-refractivity contribution in [1.29, 1.82) is 5.26 Å². The minimum absolute atomic E-state index is 0.237. The molecule has 0 radical (unpaired) electrons. The summed E-state index contributed by atoms with van der Waals surface area (Å²) in [7, 11) is 0. The third kappa shape index (κ3) is 3.95.